The van der Waals surface area contributed by atoms with Crippen LogP contribution >= 0.6 is 11.3 Å². The largest absolute Gasteiger partial charge is 0.302 e. The summed E-state index contributed by atoms with van der Waals surface area (Å²) in [6.45, 7) is 3.60. The lowest BCUT2D eigenvalue weighted by Gasteiger charge is -2.12. The van der Waals surface area contributed by atoms with Gasteiger partial charge in [0.15, 0.2) is 5.13 Å². The zero-order chi connectivity index (χ0) is 24.3. The molecule has 2 N–H and O–H groups in total. The van der Waals surface area contributed by atoms with Gasteiger partial charge in [-0.15, -0.1) is 0 Å². The van der Waals surface area contributed by atoms with Crippen LogP contribution in [-0.2, 0) is 21.2 Å². The van der Waals surface area contributed by atoms with E-state index in [1.807, 2.05) is 13.0 Å². The minimum Gasteiger partial charge on any atom is -0.302 e. The molecular formula is C25H26N4O3S2. The first kappa shape index (κ1) is 23.9. The van der Waals surface area contributed by atoms with Crippen LogP contribution in [0.3, 0.4) is 0 Å². The molecule has 34 heavy (non-hydrogen) atoms. The highest BCUT2D eigenvalue weighted by atomic mass is 32.2. The van der Waals surface area contributed by atoms with Crippen molar-refractivity contribution in [2.75, 3.05) is 10.0 Å². The lowest BCUT2D eigenvalue weighted by Crippen LogP contribution is -2.20. The Hall–Kier alpha value is -3.22. The third kappa shape index (κ3) is 5.29. The van der Waals surface area contributed by atoms with Gasteiger partial charge < -0.3 is 5.32 Å². The van der Waals surface area contributed by atoms with Gasteiger partial charge in [0.25, 0.3) is 10.0 Å². The maximum Gasteiger partial charge on any atom is 0.262 e. The number of thiazole rings is 1. The number of hydrogen-bond donors (Lipinski definition) is 2. The van der Waals surface area contributed by atoms with Crippen LogP contribution in [0.2, 0.25) is 0 Å². The van der Waals surface area contributed by atoms with Gasteiger partial charge >= 0.3 is 0 Å². The van der Waals surface area contributed by atoms with Crippen LogP contribution in [0.1, 0.15) is 42.5 Å². The van der Waals surface area contributed by atoms with Gasteiger partial charge in [-0.25, -0.2) is 13.4 Å². The third-order valence-electron chi connectivity index (χ3n) is 5.98. The van der Waals surface area contributed by atoms with Crippen LogP contribution in [0.4, 0.5) is 10.8 Å². The van der Waals surface area contributed by atoms with Crippen LogP contribution in [0.15, 0.2) is 47.4 Å². The number of nitrogens with zero attached hydrogens (tertiary/aromatic N) is 2. The molecule has 7 nitrogen and oxygen atoms in total. The molecular weight excluding hydrogens is 468 g/mol. The minimum absolute atomic E-state index is 0.00922. The number of nitrogens with one attached hydrogen (secondary N) is 2. The van der Waals surface area contributed by atoms with E-state index in [1.165, 1.54) is 11.3 Å². The maximum absolute atomic E-state index is 13.2. The molecule has 0 atom stereocenters. The second-order valence-corrected chi connectivity index (χ2v) is 11.2. The van der Waals surface area contributed by atoms with E-state index in [0.29, 0.717) is 16.4 Å². The van der Waals surface area contributed by atoms with E-state index in [4.69, 9.17) is 5.26 Å². The SMILES string of the molecule is Cc1ccc(-c2sc(NC(=O)C3CCCC3)nc2C)cc1S(=O)(=O)Nc1ccc(CC#N)cc1. The molecule has 1 fully saturated rings. The van der Waals surface area contributed by atoms with E-state index < -0.39 is 10.0 Å². The quantitative estimate of drug-likeness (QED) is 0.455. The Morgan fingerprint density at radius 3 is 2.53 bits per heavy atom. The molecule has 1 aromatic heterocycles. The van der Waals surface area contributed by atoms with E-state index >= 15 is 0 Å². The standard InChI is InChI=1S/C25H26N4O3S2/c1-16-7-10-20(23-17(2)27-25(33-23)28-24(30)19-5-3-4-6-19)15-22(16)34(31,32)29-21-11-8-18(9-12-21)13-14-26/h7-12,15,19,29H,3-6,13H2,1-2H3,(H,27,28,30). The summed E-state index contributed by atoms with van der Waals surface area (Å²) in [5, 5.41) is 12.3. The number of sulfonamides is 1. The van der Waals surface area contributed by atoms with Crippen molar-refractivity contribution in [1.29, 1.82) is 5.26 Å². The first-order valence-corrected chi connectivity index (χ1v) is 13.4. The molecule has 1 aliphatic rings. The smallest absolute Gasteiger partial charge is 0.262 e. The number of rotatable bonds is 7. The second-order valence-electron chi connectivity index (χ2n) is 8.52. The fourth-order valence-corrected chi connectivity index (χ4v) is 6.43. The van der Waals surface area contributed by atoms with Crippen LogP contribution < -0.4 is 10.0 Å². The molecule has 0 radical (unpaired) electrons. The lowest BCUT2D eigenvalue weighted by atomic mass is 10.1. The average Bonchev–Trinajstić information content (AvgIpc) is 3.45. The summed E-state index contributed by atoms with van der Waals surface area (Å²) in [5.41, 5.74) is 3.33. The summed E-state index contributed by atoms with van der Waals surface area (Å²) >= 11 is 1.35. The Morgan fingerprint density at radius 2 is 1.85 bits per heavy atom. The number of carbonyl (C=O) groups excluding carboxylic acids is 1. The number of nitriles is 1. The zero-order valence-corrected chi connectivity index (χ0v) is 20.7. The minimum atomic E-state index is -3.84. The van der Waals surface area contributed by atoms with Crippen molar-refractivity contribution >= 4 is 38.1 Å². The molecule has 4 rings (SSSR count). The highest BCUT2D eigenvalue weighted by molar-refractivity contribution is 7.92. The first-order valence-electron chi connectivity index (χ1n) is 11.1. The van der Waals surface area contributed by atoms with Gasteiger partial charge in [-0.05, 0) is 61.6 Å². The van der Waals surface area contributed by atoms with Gasteiger partial charge in [-0.1, -0.05) is 48.4 Å². The Balaban J connectivity index is 1.57. The Bertz CT molecular complexity index is 1350. The number of anilines is 2. The predicted octanol–water partition coefficient (Wildman–Crippen LogP) is 5.42. The number of benzene rings is 2. The highest BCUT2D eigenvalue weighted by Crippen LogP contribution is 2.36. The monoisotopic (exact) mass is 494 g/mol. The average molecular weight is 495 g/mol. The molecule has 1 saturated carbocycles. The molecule has 9 heteroatoms. The van der Waals surface area contributed by atoms with Crippen molar-refractivity contribution in [2.24, 2.45) is 5.92 Å². The molecule has 0 unspecified atom stereocenters. The fraction of sp³-hybridized carbons (Fsp3) is 0.320. The van der Waals surface area contributed by atoms with E-state index in [-0.39, 0.29) is 23.1 Å². The third-order valence-corrected chi connectivity index (χ3v) is 8.63. The van der Waals surface area contributed by atoms with Gasteiger partial charge in [-0.3, -0.25) is 9.52 Å². The normalized spacial score (nSPS) is 14.0. The molecule has 1 aliphatic carbocycles. The molecule has 0 bridgehead atoms. The summed E-state index contributed by atoms with van der Waals surface area (Å²) in [6, 6.07) is 14.1. The van der Waals surface area contributed by atoms with Gasteiger partial charge in [0.1, 0.15) is 0 Å². The van der Waals surface area contributed by atoms with Crippen LogP contribution in [-0.4, -0.2) is 19.3 Å². The molecule has 0 spiro atoms. The molecule has 1 amide bonds. The van der Waals surface area contributed by atoms with E-state index in [1.54, 1.807) is 43.3 Å². The van der Waals surface area contributed by atoms with Crippen molar-refractivity contribution in [3.63, 3.8) is 0 Å². The molecule has 1 heterocycles. The summed E-state index contributed by atoms with van der Waals surface area (Å²) < 4.78 is 29.0. The Kier molecular flexibility index (Phi) is 7.00. The summed E-state index contributed by atoms with van der Waals surface area (Å²) in [7, 11) is -3.84. The number of carbonyl (C=O) groups is 1. The molecule has 176 valence electrons. The van der Waals surface area contributed by atoms with Crippen molar-refractivity contribution in [3.8, 4) is 16.5 Å². The van der Waals surface area contributed by atoms with E-state index in [0.717, 1.165) is 47.4 Å². The first-order chi connectivity index (χ1) is 16.3. The summed E-state index contributed by atoms with van der Waals surface area (Å²) in [6.07, 6.45) is 4.26. The molecule has 0 aliphatic heterocycles. The summed E-state index contributed by atoms with van der Waals surface area (Å²) in [4.78, 5) is 18.0. The lowest BCUT2D eigenvalue weighted by molar-refractivity contribution is -0.119. The number of aryl methyl sites for hydroxylation is 2. The predicted molar refractivity (Wildman–Crippen MR) is 134 cm³/mol. The fourth-order valence-electron chi connectivity index (χ4n) is 4.14. The van der Waals surface area contributed by atoms with Gasteiger partial charge in [-0.2, -0.15) is 5.26 Å². The van der Waals surface area contributed by atoms with Gasteiger partial charge in [0.2, 0.25) is 5.91 Å². The van der Waals surface area contributed by atoms with Crippen molar-refractivity contribution in [2.45, 2.75) is 50.8 Å². The molecule has 2 aromatic carbocycles. The van der Waals surface area contributed by atoms with Crippen molar-refractivity contribution in [1.82, 2.24) is 4.98 Å². The second kappa shape index (κ2) is 9.95. The van der Waals surface area contributed by atoms with Gasteiger partial charge in [0.05, 0.1) is 28.0 Å². The van der Waals surface area contributed by atoms with E-state index in [2.05, 4.69) is 21.1 Å². The number of amides is 1. The van der Waals surface area contributed by atoms with Crippen molar-refractivity contribution in [3.05, 3.63) is 59.3 Å². The van der Waals surface area contributed by atoms with Crippen LogP contribution in [0.5, 0.6) is 0 Å². The number of hydrogen-bond acceptors (Lipinski definition) is 6. The van der Waals surface area contributed by atoms with Gasteiger partial charge in [0, 0.05) is 11.6 Å². The highest BCUT2D eigenvalue weighted by Gasteiger charge is 2.24. The topological polar surface area (TPSA) is 112 Å². The number of aromatic nitrogens is 1. The Morgan fingerprint density at radius 1 is 1.15 bits per heavy atom. The molecule has 3 aromatic rings. The molecule has 0 saturated heterocycles. The maximum atomic E-state index is 13.2. The van der Waals surface area contributed by atoms with E-state index in [9.17, 15) is 13.2 Å². The summed E-state index contributed by atoms with van der Waals surface area (Å²) in [5.74, 6) is 0.0544. The van der Waals surface area contributed by atoms with Crippen molar-refractivity contribution < 1.29 is 13.2 Å². The Labute approximate surface area is 203 Å². The zero-order valence-electron chi connectivity index (χ0n) is 19.1. The van der Waals surface area contributed by atoms with Crippen LogP contribution in [0.25, 0.3) is 10.4 Å². The van der Waals surface area contributed by atoms with Crippen LogP contribution in [0, 0.1) is 31.1 Å².